The summed E-state index contributed by atoms with van der Waals surface area (Å²) in [6.07, 6.45) is 1.75. The number of furan rings is 1. The number of fused-ring (bicyclic) bond motifs is 1. The maximum absolute atomic E-state index is 13.4. The average Bonchev–Trinajstić information content (AvgIpc) is 2.92. The molecule has 3 rings (SSSR count). The van der Waals surface area contributed by atoms with Crippen LogP contribution in [0.2, 0.25) is 0 Å². The smallest absolute Gasteiger partial charge is 0.191 e. The second kappa shape index (κ2) is 7.12. The van der Waals surface area contributed by atoms with Crippen molar-refractivity contribution in [2.45, 2.75) is 20.0 Å². The van der Waals surface area contributed by atoms with Crippen molar-refractivity contribution in [1.82, 2.24) is 15.6 Å². The third-order valence-corrected chi connectivity index (χ3v) is 3.80. The number of rotatable bonds is 4. The van der Waals surface area contributed by atoms with Gasteiger partial charge >= 0.3 is 0 Å². The number of halogens is 1. The van der Waals surface area contributed by atoms with Gasteiger partial charge in [0.25, 0.3) is 0 Å². The van der Waals surface area contributed by atoms with Gasteiger partial charge in [0.05, 0.1) is 18.8 Å². The predicted molar refractivity (Wildman–Crippen MR) is 92.2 cm³/mol. The van der Waals surface area contributed by atoms with Crippen LogP contribution in [-0.4, -0.2) is 18.0 Å². The minimum Gasteiger partial charge on any atom is -0.459 e. The molecule has 2 aromatic heterocycles. The van der Waals surface area contributed by atoms with Crippen LogP contribution in [0.1, 0.15) is 17.0 Å². The van der Waals surface area contributed by atoms with Crippen LogP contribution in [0.15, 0.2) is 52.0 Å². The summed E-state index contributed by atoms with van der Waals surface area (Å²) in [5, 5.41) is 7.18. The maximum atomic E-state index is 13.4. The summed E-state index contributed by atoms with van der Waals surface area (Å²) in [5.74, 6) is 1.14. The summed E-state index contributed by atoms with van der Waals surface area (Å²) >= 11 is 0. The Hall–Kier alpha value is -2.89. The highest BCUT2D eigenvalue weighted by Gasteiger charge is 2.11. The number of benzene rings is 1. The molecule has 2 heterocycles. The van der Waals surface area contributed by atoms with Crippen LogP contribution < -0.4 is 10.6 Å². The Balaban J connectivity index is 1.64. The molecule has 2 N–H and O–H groups in total. The molecule has 0 amide bonds. The number of nitrogens with zero attached hydrogens (tertiary/aromatic N) is 2. The van der Waals surface area contributed by atoms with E-state index in [1.54, 1.807) is 19.3 Å². The Morgan fingerprint density at radius 3 is 2.79 bits per heavy atom. The minimum atomic E-state index is -0.265. The summed E-state index contributed by atoms with van der Waals surface area (Å²) < 4.78 is 19.2. The van der Waals surface area contributed by atoms with Crippen molar-refractivity contribution in [2.24, 2.45) is 4.99 Å². The van der Waals surface area contributed by atoms with Crippen LogP contribution in [0.3, 0.4) is 0 Å². The van der Waals surface area contributed by atoms with Crippen LogP contribution in [-0.2, 0) is 13.1 Å². The minimum absolute atomic E-state index is 0.265. The van der Waals surface area contributed by atoms with E-state index in [-0.39, 0.29) is 5.82 Å². The predicted octanol–water partition coefficient (Wildman–Crippen LogP) is 3.14. The van der Waals surface area contributed by atoms with Gasteiger partial charge in [0.1, 0.15) is 17.2 Å². The average molecular weight is 326 g/mol. The van der Waals surface area contributed by atoms with Crippen molar-refractivity contribution in [3.63, 3.8) is 0 Å². The second-order valence-corrected chi connectivity index (χ2v) is 5.39. The van der Waals surface area contributed by atoms with Gasteiger partial charge in [-0.3, -0.25) is 9.98 Å². The summed E-state index contributed by atoms with van der Waals surface area (Å²) in [6, 6.07) is 10.3. The number of nitrogens with one attached hydrogen (secondary N) is 2. The number of aliphatic imine (C=N–C) groups is 1. The van der Waals surface area contributed by atoms with Crippen LogP contribution >= 0.6 is 0 Å². The lowest BCUT2D eigenvalue weighted by atomic mass is 10.1. The first-order valence-electron chi connectivity index (χ1n) is 7.69. The fourth-order valence-electron chi connectivity index (χ4n) is 2.47. The van der Waals surface area contributed by atoms with E-state index in [2.05, 4.69) is 20.6 Å². The van der Waals surface area contributed by atoms with Gasteiger partial charge in [-0.15, -0.1) is 0 Å². The molecule has 0 saturated carbocycles. The number of hydrogen-bond acceptors (Lipinski definition) is 3. The molecule has 0 radical (unpaired) electrons. The molecule has 1 aromatic carbocycles. The Labute approximate surface area is 139 Å². The van der Waals surface area contributed by atoms with E-state index in [9.17, 15) is 4.39 Å². The summed E-state index contributed by atoms with van der Waals surface area (Å²) in [5.41, 5.74) is 2.54. The normalized spacial score (nSPS) is 11.7. The van der Waals surface area contributed by atoms with E-state index < -0.39 is 0 Å². The molecule has 0 aliphatic heterocycles. The molecule has 0 fully saturated rings. The van der Waals surface area contributed by atoms with Crippen LogP contribution in [0, 0.1) is 12.7 Å². The molecular weight excluding hydrogens is 307 g/mol. The zero-order valence-electron chi connectivity index (χ0n) is 13.6. The Morgan fingerprint density at radius 1 is 1.21 bits per heavy atom. The highest BCUT2D eigenvalue weighted by Crippen LogP contribution is 2.25. The lowest BCUT2D eigenvalue weighted by Crippen LogP contribution is -2.36. The lowest BCUT2D eigenvalue weighted by Gasteiger charge is -2.10. The number of pyridine rings is 1. The zero-order chi connectivity index (χ0) is 16.9. The molecule has 6 heteroatoms. The van der Waals surface area contributed by atoms with E-state index in [0.29, 0.717) is 24.6 Å². The number of guanidine groups is 1. The maximum Gasteiger partial charge on any atom is 0.191 e. The molecule has 0 unspecified atom stereocenters. The van der Waals surface area contributed by atoms with Gasteiger partial charge < -0.3 is 15.1 Å². The van der Waals surface area contributed by atoms with Crippen molar-refractivity contribution in [3.05, 3.63) is 65.4 Å². The standard InChI is InChI=1S/C18H19FN4O/c1-12-15-9-13(19)6-7-16(15)24-17(12)11-23-18(20-2)22-10-14-5-3-4-8-21-14/h3-9H,10-11H2,1-2H3,(H2,20,22,23). The molecule has 5 nitrogen and oxygen atoms in total. The van der Waals surface area contributed by atoms with Crippen molar-refractivity contribution in [1.29, 1.82) is 0 Å². The Morgan fingerprint density at radius 2 is 2.04 bits per heavy atom. The summed E-state index contributed by atoms with van der Waals surface area (Å²) in [6.45, 7) is 2.96. The molecule has 0 atom stereocenters. The van der Waals surface area contributed by atoms with E-state index in [1.807, 2.05) is 25.1 Å². The highest BCUT2D eigenvalue weighted by atomic mass is 19.1. The Bertz CT molecular complexity index is 858. The summed E-state index contributed by atoms with van der Waals surface area (Å²) in [7, 11) is 1.70. The number of hydrogen-bond donors (Lipinski definition) is 2. The molecule has 0 spiro atoms. The first-order chi connectivity index (χ1) is 11.7. The molecule has 24 heavy (non-hydrogen) atoms. The van der Waals surface area contributed by atoms with E-state index in [0.717, 1.165) is 22.4 Å². The summed E-state index contributed by atoms with van der Waals surface area (Å²) in [4.78, 5) is 8.44. The van der Waals surface area contributed by atoms with Gasteiger partial charge in [0, 0.05) is 24.2 Å². The monoisotopic (exact) mass is 326 g/mol. The molecule has 3 aromatic rings. The molecule has 0 aliphatic carbocycles. The fourth-order valence-corrected chi connectivity index (χ4v) is 2.47. The first kappa shape index (κ1) is 16.0. The van der Waals surface area contributed by atoms with Gasteiger partial charge in [-0.05, 0) is 37.3 Å². The quantitative estimate of drug-likeness (QED) is 0.571. The lowest BCUT2D eigenvalue weighted by molar-refractivity contribution is 0.534. The number of aromatic nitrogens is 1. The van der Waals surface area contributed by atoms with Gasteiger partial charge in [0.2, 0.25) is 0 Å². The van der Waals surface area contributed by atoms with Gasteiger partial charge in [0.15, 0.2) is 5.96 Å². The first-order valence-corrected chi connectivity index (χ1v) is 7.69. The third kappa shape index (κ3) is 3.53. The third-order valence-electron chi connectivity index (χ3n) is 3.80. The van der Waals surface area contributed by atoms with Gasteiger partial charge in [-0.25, -0.2) is 4.39 Å². The molecule has 124 valence electrons. The van der Waals surface area contributed by atoms with Gasteiger partial charge in [-0.1, -0.05) is 6.07 Å². The SMILES string of the molecule is CN=C(NCc1ccccn1)NCc1oc2ccc(F)cc2c1C. The second-order valence-electron chi connectivity index (χ2n) is 5.39. The van der Waals surface area contributed by atoms with Crippen LogP contribution in [0.5, 0.6) is 0 Å². The van der Waals surface area contributed by atoms with E-state index in [4.69, 9.17) is 4.42 Å². The van der Waals surface area contributed by atoms with Crippen molar-refractivity contribution >= 4 is 16.9 Å². The largest absolute Gasteiger partial charge is 0.459 e. The Kier molecular flexibility index (Phi) is 4.74. The van der Waals surface area contributed by atoms with Crippen LogP contribution in [0.4, 0.5) is 4.39 Å². The van der Waals surface area contributed by atoms with Gasteiger partial charge in [-0.2, -0.15) is 0 Å². The topological polar surface area (TPSA) is 62.5 Å². The highest BCUT2D eigenvalue weighted by molar-refractivity contribution is 5.83. The molecule has 0 saturated heterocycles. The van der Waals surface area contributed by atoms with Crippen molar-refractivity contribution in [3.8, 4) is 0 Å². The zero-order valence-corrected chi connectivity index (χ0v) is 13.6. The molecule has 0 bridgehead atoms. The molecule has 0 aliphatic rings. The van der Waals surface area contributed by atoms with E-state index >= 15 is 0 Å². The number of aryl methyl sites for hydroxylation is 1. The van der Waals surface area contributed by atoms with Crippen molar-refractivity contribution in [2.75, 3.05) is 7.05 Å². The fraction of sp³-hybridized carbons (Fsp3) is 0.222. The van der Waals surface area contributed by atoms with Crippen LogP contribution in [0.25, 0.3) is 11.0 Å². The van der Waals surface area contributed by atoms with E-state index in [1.165, 1.54) is 12.1 Å². The molecular formula is C18H19FN4O. The van der Waals surface area contributed by atoms with Crippen molar-refractivity contribution < 1.29 is 8.81 Å².